The van der Waals surface area contributed by atoms with Crippen LogP contribution in [-0.4, -0.2) is 0 Å². The van der Waals surface area contributed by atoms with E-state index in [0.717, 1.165) is 15.6 Å². The van der Waals surface area contributed by atoms with Gasteiger partial charge in [0.2, 0.25) is 0 Å². The van der Waals surface area contributed by atoms with Crippen LogP contribution in [0.25, 0.3) is 11.1 Å². The second-order valence-corrected chi connectivity index (χ2v) is 7.92. The molecule has 0 bridgehead atoms. The fourth-order valence-corrected chi connectivity index (χ4v) is 3.21. The van der Waals surface area contributed by atoms with Crippen LogP contribution in [0.3, 0.4) is 0 Å². The van der Waals surface area contributed by atoms with Crippen molar-refractivity contribution in [3.8, 4) is 0 Å². The Morgan fingerprint density at radius 1 is 1.25 bits per heavy atom. The van der Waals surface area contributed by atoms with Gasteiger partial charge in [0.1, 0.15) is 0 Å². The molecular formula is C23H25I. The predicted molar refractivity (Wildman–Crippen MR) is 117 cm³/mol. The summed E-state index contributed by atoms with van der Waals surface area (Å²) in [6.45, 7) is 14.7. The Bertz CT molecular complexity index is 767. The monoisotopic (exact) mass is 428 g/mol. The minimum Gasteiger partial charge on any atom is -0.0980 e. The van der Waals surface area contributed by atoms with Crippen LogP contribution in [0.1, 0.15) is 43.9 Å². The molecule has 0 spiro atoms. The molecule has 0 radical (unpaired) electrons. The summed E-state index contributed by atoms with van der Waals surface area (Å²) in [5, 5.41) is 0. The van der Waals surface area contributed by atoms with Gasteiger partial charge in [0.25, 0.3) is 0 Å². The summed E-state index contributed by atoms with van der Waals surface area (Å²) in [7, 11) is 0. The molecule has 0 saturated carbocycles. The van der Waals surface area contributed by atoms with Crippen molar-refractivity contribution in [3.05, 3.63) is 94.2 Å². The number of halogens is 1. The SMILES string of the molecule is C=C/C(I)=C\C=C1/CC(C)(C)c2cc(C(=C)/C=C\C=C/C)ccc21. The van der Waals surface area contributed by atoms with Crippen molar-refractivity contribution in [2.75, 3.05) is 0 Å². The molecule has 0 amide bonds. The topological polar surface area (TPSA) is 0 Å². The minimum absolute atomic E-state index is 0.151. The lowest BCUT2D eigenvalue weighted by molar-refractivity contribution is 0.563. The van der Waals surface area contributed by atoms with Crippen LogP contribution in [0.15, 0.2) is 77.5 Å². The molecule has 1 aliphatic carbocycles. The highest BCUT2D eigenvalue weighted by Gasteiger charge is 2.33. The molecule has 0 aromatic heterocycles. The zero-order chi connectivity index (χ0) is 17.7. The third-order valence-corrected chi connectivity index (χ3v) is 5.14. The Kier molecular flexibility index (Phi) is 6.22. The van der Waals surface area contributed by atoms with Crippen LogP contribution in [0, 0.1) is 0 Å². The maximum atomic E-state index is 4.20. The summed E-state index contributed by atoms with van der Waals surface area (Å²) in [6.07, 6.45) is 15.5. The standard InChI is InChI=1S/C23H25I/c1-6-8-9-10-17(3)18-12-14-21-19(11-13-20(24)7-2)16-23(4,5)22(21)15-18/h6-15H,2-3,16H2,1,4-5H3/b8-6-,10-9-,19-11+,20-13+. The average molecular weight is 428 g/mol. The molecule has 0 atom stereocenters. The fraction of sp³-hybridized carbons (Fsp3) is 0.217. The van der Waals surface area contributed by atoms with Gasteiger partial charge < -0.3 is 0 Å². The van der Waals surface area contributed by atoms with E-state index in [9.17, 15) is 0 Å². The minimum atomic E-state index is 0.151. The molecule has 0 saturated heterocycles. The van der Waals surface area contributed by atoms with Gasteiger partial charge in [-0.2, -0.15) is 0 Å². The van der Waals surface area contributed by atoms with Crippen molar-refractivity contribution in [2.24, 2.45) is 0 Å². The van der Waals surface area contributed by atoms with Crippen molar-refractivity contribution in [2.45, 2.75) is 32.6 Å². The lowest BCUT2D eigenvalue weighted by Crippen LogP contribution is -2.11. The normalized spacial score (nSPS) is 18.5. The molecule has 0 N–H and O–H groups in total. The van der Waals surface area contributed by atoms with Crippen molar-refractivity contribution < 1.29 is 0 Å². The molecule has 0 aliphatic heterocycles. The summed E-state index contributed by atoms with van der Waals surface area (Å²) in [5.74, 6) is 0. The van der Waals surface area contributed by atoms with Crippen molar-refractivity contribution in [3.63, 3.8) is 0 Å². The van der Waals surface area contributed by atoms with Crippen LogP contribution < -0.4 is 0 Å². The van der Waals surface area contributed by atoms with E-state index in [4.69, 9.17) is 0 Å². The van der Waals surface area contributed by atoms with Crippen LogP contribution >= 0.6 is 22.6 Å². The maximum absolute atomic E-state index is 4.20. The summed E-state index contributed by atoms with van der Waals surface area (Å²) < 4.78 is 1.16. The number of fused-ring (bicyclic) bond motifs is 1. The van der Waals surface area contributed by atoms with E-state index in [0.29, 0.717) is 0 Å². The van der Waals surface area contributed by atoms with Gasteiger partial charge in [-0.3, -0.25) is 0 Å². The molecule has 0 fully saturated rings. The highest BCUT2D eigenvalue weighted by molar-refractivity contribution is 14.1. The largest absolute Gasteiger partial charge is 0.0980 e. The van der Waals surface area contributed by atoms with Gasteiger partial charge in [0, 0.05) is 3.58 Å². The van der Waals surface area contributed by atoms with Gasteiger partial charge in [-0.1, -0.05) is 81.7 Å². The van der Waals surface area contributed by atoms with Crippen LogP contribution in [-0.2, 0) is 5.41 Å². The van der Waals surface area contributed by atoms with Crippen molar-refractivity contribution >= 4 is 33.7 Å². The Hall–Kier alpha value is -1.61. The van der Waals surface area contributed by atoms with Crippen molar-refractivity contribution in [1.29, 1.82) is 0 Å². The zero-order valence-corrected chi connectivity index (χ0v) is 16.9. The van der Waals surface area contributed by atoms with Crippen molar-refractivity contribution in [1.82, 2.24) is 0 Å². The summed E-state index contributed by atoms with van der Waals surface area (Å²) in [6, 6.07) is 6.73. The van der Waals surface area contributed by atoms with Crippen LogP contribution in [0.4, 0.5) is 0 Å². The molecule has 0 unspecified atom stereocenters. The van der Waals surface area contributed by atoms with E-state index in [1.165, 1.54) is 22.3 Å². The average Bonchev–Trinajstić information content (AvgIpc) is 2.83. The Morgan fingerprint density at radius 3 is 2.67 bits per heavy atom. The zero-order valence-electron chi connectivity index (χ0n) is 14.8. The van der Waals surface area contributed by atoms with E-state index in [1.807, 2.05) is 31.2 Å². The molecular weight excluding hydrogens is 403 g/mol. The van der Waals surface area contributed by atoms with E-state index in [-0.39, 0.29) is 5.41 Å². The fourth-order valence-electron chi connectivity index (χ4n) is 3.03. The quantitative estimate of drug-likeness (QED) is 0.339. The Labute approximate surface area is 160 Å². The van der Waals surface area contributed by atoms with E-state index in [1.54, 1.807) is 0 Å². The first kappa shape index (κ1) is 18.7. The molecule has 2 rings (SSSR count). The molecule has 1 aliphatic rings. The van der Waals surface area contributed by atoms with Gasteiger partial charge >= 0.3 is 0 Å². The number of benzene rings is 1. The number of rotatable bonds is 5. The number of hydrogen-bond acceptors (Lipinski definition) is 0. The first-order valence-electron chi connectivity index (χ1n) is 8.21. The van der Waals surface area contributed by atoms with Gasteiger partial charge in [-0.05, 0) is 75.3 Å². The lowest BCUT2D eigenvalue weighted by atomic mass is 9.85. The van der Waals surface area contributed by atoms with Gasteiger partial charge in [-0.15, -0.1) is 0 Å². The molecule has 0 nitrogen and oxygen atoms in total. The molecule has 1 aromatic carbocycles. The summed E-state index contributed by atoms with van der Waals surface area (Å²) in [5.41, 5.74) is 6.56. The van der Waals surface area contributed by atoms with Crippen LogP contribution in [0.2, 0.25) is 0 Å². The first-order valence-corrected chi connectivity index (χ1v) is 9.29. The molecule has 124 valence electrons. The summed E-state index contributed by atoms with van der Waals surface area (Å²) >= 11 is 2.30. The smallest absolute Gasteiger partial charge is 0.0124 e. The number of allylic oxidation sites excluding steroid dienone is 10. The molecule has 1 aromatic rings. The van der Waals surface area contributed by atoms with Gasteiger partial charge in [-0.25, -0.2) is 0 Å². The van der Waals surface area contributed by atoms with Crippen LogP contribution in [0.5, 0.6) is 0 Å². The van der Waals surface area contributed by atoms with Gasteiger partial charge in [0.05, 0.1) is 0 Å². The third kappa shape index (κ3) is 4.27. The van der Waals surface area contributed by atoms with E-state index in [2.05, 4.69) is 86.0 Å². The Balaban J connectivity index is 2.41. The molecule has 1 heteroatoms. The lowest BCUT2D eigenvalue weighted by Gasteiger charge is -2.19. The maximum Gasteiger partial charge on any atom is 0.0124 e. The van der Waals surface area contributed by atoms with E-state index < -0.39 is 0 Å². The third-order valence-electron chi connectivity index (χ3n) is 4.34. The molecule has 24 heavy (non-hydrogen) atoms. The second kappa shape index (κ2) is 7.98. The highest BCUT2D eigenvalue weighted by atomic mass is 127. The first-order chi connectivity index (χ1) is 11.4. The second-order valence-electron chi connectivity index (χ2n) is 6.68. The molecule has 0 heterocycles. The Morgan fingerprint density at radius 2 is 2.00 bits per heavy atom. The number of hydrogen-bond donors (Lipinski definition) is 0. The van der Waals surface area contributed by atoms with E-state index >= 15 is 0 Å². The van der Waals surface area contributed by atoms with Gasteiger partial charge in [0.15, 0.2) is 0 Å². The highest BCUT2D eigenvalue weighted by Crippen LogP contribution is 2.46. The predicted octanol–water partition coefficient (Wildman–Crippen LogP) is 7.40. The summed E-state index contributed by atoms with van der Waals surface area (Å²) in [4.78, 5) is 0.